The maximum absolute atomic E-state index is 12.8. The molecule has 2 amide bonds. The van der Waals surface area contributed by atoms with Gasteiger partial charge in [0.05, 0.1) is 5.70 Å². The van der Waals surface area contributed by atoms with E-state index in [1.807, 2.05) is 32.1 Å². The SMILES string of the molecule is C=C1C(O)=C(C2=CC(C)C=C2)C=CN1C(=O)/C(=C\C)C(=O)NCCCC. The first-order chi connectivity index (χ1) is 12.4. The maximum Gasteiger partial charge on any atom is 0.267 e. The molecule has 1 aliphatic heterocycles. The van der Waals surface area contributed by atoms with Crippen molar-refractivity contribution in [1.29, 1.82) is 0 Å². The molecule has 5 heteroatoms. The number of unbranched alkanes of at least 4 members (excludes halogenated alkanes) is 1. The molecule has 0 fully saturated rings. The van der Waals surface area contributed by atoms with Gasteiger partial charge in [0.25, 0.3) is 11.8 Å². The molecule has 0 bridgehead atoms. The Labute approximate surface area is 154 Å². The van der Waals surface area contributed by atoms with Crippen LogP contribution in [-0.2, 0) is 9.59 Å². The first-order valence-electron chi connectivity index (χ1n) is 8.89. The number of nitrogens with zero attached hydrogens (tertiary/aromatic N) is 1. The summed E-state index contributed by atoms with van der Waals surface area (Å²) in [4.78, 5) is 26.2. The molecule has 1 aliphatic carbocycles. The molecular weight excluding hydrogens is 328 g/mol. The van der Waals surface area contributed by atoms with Crippen LogP contribution in [0.2, 0.25) is 0 Å². The molecule has 1 unspecified atom stereocenters. The van der Waals surface area contributed by atoms with Gasteiger partial charge >= 0.3 is 0 Å². The van der Waals surface area contributed by atoms with Crippen molar-refractivity contribution in [1.82, 2.24) is 10.2 Å². The first kappa shape index (κ1) is 19.5. The summed E-state index contributed by atoms with van der Waals surface area (Å²) in [6, 6.07) is 0. The van der Waals surface area contributed by atoms with Crippen LogP contribution in [0.5, 0.6) is 0 Å². The number of aliphatic hydroxyl groups is 1. The molecule has 0 radical (unpaired) electrons. The highest BCUT2D eigenvalue weighted by atomic mass is 16.3. The normalized spacial score (nSPS) is 19.9. The van der Waals surface area contributed by atoms with Gasteiger partial charge in [0.2, 0.25) is 0 Å². The van der Waals surface area contributed by atoms with Crippen molar-refractivity contribution in [2.45, 2.75) is 33.6 Å². The lowest BCUT2D eigenvalue weighted by Gasteiger charge is -2.26. The molecule has 0 aromatic rings. The number of rotatable bonds is 6. The van der Waals surface area contributed by atoms with E-state index in [9.17, 15) is 14.7 Å². The van der Waals surface area contributed by atoms with Crippen molar-refractivity contribution in [3.63, 3.8) is 0 Å². The van der Waals surface area contributed by atoms with Crippen LogP contribution in [0.1, 0.15) is 33.6 Å². The van der Waals surface area contributed by atoms with Gasteiger partial charge in [0, 0.05) is 18.3 Å². The Balaban J connectivity index is 2.17. The zero-order valence-corrected chi connectivity index (χ0v) is 15.6. The molecule has 1 atom stereocenters. The molecular formula is C21H26N2O3. The summed E-state index contributed by atoms with van der Waals surface area (Å²) < 4.78 is 0. The molecule has 1 heterocycles. The van der Waals surface area contributed by atoms with Crippen LogP contribution in [0.4, 0.5) is 0 Å². The van der Waals surface area contributed by atoms with Gasteiger partial charge in [0.1, 0.15) is 11.3 Å². The standard InChI is InChI=1S/C21H26N2O3/c1-5-7-11-22-20(25)17(6-2)21(26)23-12-10-18(19(24)15(23)4)16-9-8-14(3)13-16/h6,8-10,12-14,24H,4-5,7,11H2,1-3H3,(H,22,25)/b17-6-. The van der Waals surface area contributed by atoms with E-state index in [-0.39, 0.29) is 17.0 Å². The minimum Gasteiger partial charge on any atom is -0.505 e. The van der Waals surface area contributed by atoms with Crippen LogP contribution >= 0.6 is 0 Å². The summed E-state index contributed by atoms with van der Waals surface area (Å²) in [6.07, 6.45) is 12.5. The Morgan fingerprint density at radius 1 is 1.38 bits per heavy atom. The van der Waals surface area contributed by atoms with Gasteiger partial charge in [-0.3, -0.25) is 14.5 Å². The summed E-state index contributed by atoms with van der Waals surface area (Å²) in [5.41, 5.74) is 1.69. The molecule has 2 aliphatic rings. The summed E-state index contributed by atoms with van der Waals surface area (Å²) >= 11 is 0. The lowest BCUT2D eigenvalue weighted by atomic mass is 10.0. The highest BCUT2D eigenvalue weighted by molar-refractivity contribution is 6.19. The van der Waals surface area contributed by atoms with E-state index >= 15 is 0 Å². The Morgan fingerprint density at radius 2 is 2.12 bits per heavy atom. The third-order valence-corrected chi connectivity index (χ3v) is 4.34. The quantitative estimate of drug-likeness (QED) is 0.331. The topological polar surface area (TPSA) is 69.6 Å². The van der Waals surface area contributed by atoms with E-state index in [0.717, 1.165) is 18.4 Å². The first-order valence-corrected chi connectivity index (χ1v) is 8.89. The molecule has 0 spiro atoms. The fourth-order valence-electron chi connectivity index (χ4n) is 2.80. The molecule has 2 N–H and O–H groups in total. The van der Waals surface area contributed by atoms with E-state index in [0.29, 0.717) is 18.0 Å². The minimum atomic E-state index is -0.516. The number of hydrogen-bond acceptors (Lipinski definition) is 3. The monoisotopic (exact) mass is 354 g/mol. The summed E-state index contributed by atoms with van der Waals surface area (Å²) in [5, 5.41) is 13.2. The predicted molar refractivity (Wildman–Crippen MR) is 103 cm³/mol. The van der Waals surface area contributed by atoms with Gasteiger partial charge in [-0.1, -0.05) is 51.2 Å². The molecule has 5 nitrogen and oxygen atoms in total. The smallest absolute Gasteiger partial charge is 0.267 e. The zero-order chi connectivity index (χ0) is 19.3. The van der Waals surface area contributed by atoms with E-state index < -0.39 is 11.8 Å². The Kier molecular flexibility index (Phi) is 6.39. The third kappa shape index (κ3) is 4.04. The van der Waals surface area contributed by atoms with E-state index in [2.05, 4.69) is 11.9 Å². The number of aliphatic hydroxyl groups excluding tert-OH is 1. The molecule has 0 aromatic heterocycles. The van der Waals surface area contributed by atoms with Crippen LogP contribution in [0.3, 0.4) is 0 Å². The summed E-state index contributed by atoms with van der Waals surface area (Å²) in [5.74, 6) is -0.699. The van der Waals surface area contributed by atoms with Gasteiger partial charge in [-0.25, -0.2) is 0 Å². The zero-order valence-electron chi connectivity index (χ0n) is 15.6. The van der Waals surface area contributed by atoms with Gasteiger partial charge < -0.3 is 10.4 Å². The third-order valence-electron chi connectivity index (χ3n) is 4.34. The second-order valence-electron chi connectivity index (χ2n) is 6.35. The predicted octanol–water partition coefficient (Wildman–Crippen LogP) is 3.66. The largest absolute Gasteiger partial charge is 0.505 e. The minimum absolute atomic E-state index is 0.0248. The van der Waals surface area contributed by atoms with Crippen molar-refractivity contribution in [3.8, 4) is 0 Å². The maximum atomic E-state index is 12.8. The number of carbonyl (C=O) groups excluding carboxylic acids is 2. The number of carbonyl (C=O) groups is 2. The van der Waals surface area contributed by atoms with Gasteiger partial charge in [0.15, 0.2) is 0 Å². The van der Waals surface area contributed by atoms with Crippen LogP contribution < -0.4 is 5.32 Å². The second-order valence-corrected chi connectivity index (χ2v) is 6.35. The van der Waals surface area contributed by atoms with E-state index in [1.54, 1.807) is 19.2 Å². The van der Waals surface area contributed by atoms with Crippen molar-refractivity contribution in [2.24, 2.45) is 5.92 Å². The van der Waals surface area contributed by atoms with E-state index in [1.165, 1.54) is 11.0 Å². The number of amides is 2. The van der Waals surface area contributed by atoms with Crippen LogP contribution in [0.15, 0.2) is 71.3 Å². The van der Waals surface area contributed by atoms with Crippen molar-refractivity contribution in [3.05, 3.63) is 71.3 Å². The van der Waals surface area contributed by atoms with Gasteiger partial charge in [-0.05, 0) is 30.9 Å². The highest BCUT2D eigenvalue weighted by Gasteiger charge is 2.29. The number of nitrogens with one attached hydrogen (secondary N) is 1. The lowest BCUT2D eigenvalue weighted by Crippen LogP contribution is -2.36. The fourth-order valence-corrected chi connectivity index (χ4v) is 2.80. The van der Waals surface area contributed by atoms with Crippen molar-refractivity contribution in [2.75, 3.05) is 6.54 Å². The fraction of sp³-hybridized carbons (Fsp3) is 0.333. The van der Waals surface area contributed by atoms with Gasteiger partial charge in [-0.2, -0.15) is 0 Å². The highest BCUT2D eigenvalue weighted by Crippen LogP contribution is 2.31. The average Bonchev–Trinajstić information content (AvgIpc) is 3.04. The summed E-state index contributed by atoms with van der Waals surface area (Å²) in [7, 11) is 0. The van der Waals surface area contributed by atoms with Crippen LogP contribution in [0.25, 0.3) is 0 Å². The molecule has 138 valence electrons. The van der Waals surface area contributed by atoms with Crippen molar-refractivity contribution < 1.29 is 14.7 Å². The molecule has 2 rings (SSSR count). The number of hydrogen-bond donors (Lipinski definition) is 2. The van der Waals surface area contributed by atoms with Crippen LogP contribution in [0, 0.1) is 5.92 Å². The van der Waals surface area contributed by atoms with Crippen molar-refractivity contribution >= 4 is 11.8 Å². The van der Waals surface area contributed by atoms with Gasteiger partial charge in [-0.15, -0.1) is 0 Å². The molecule has 0 aromatic carbocycles. The molecule has 26 heavy (non-hydrogen) atoms. The second kappa shape index (κ2) is 8.52. The van der Waals surface area contributed by atoms with Crippen LogP contribution in [-0.4, -0.2) is 28.4 Å². The Morgan fingerprint density at radius 3 is 2.69 bits per heavy atom. The lowest BCUT2D eigenvalue weighted by molar-refractivity contribution is -0.127. The van der Waals surface area contributed by atoms with E-state index in [4.69, 9.17) is 0 Å². The summed E-state index contributed by atoms with van der Waals surface area (Å²) in [6.45, 7) is 10.1. The molecule has 0 saturated heterocycles. The Hall–Kier alpha value is -2.82. The molecule has 0 saturated carbocycles. The Bertz CT molecular complexity index is 766. The average molecular weight is 354 g/mol. The number of allylic oxidation sites excluding steroid dienone is 7.